The van der Waals surface area contributed by atoms with Gasteiger partial charge in [0, 0.05) is 18.8 Å². The fourth-order valence-corrected chi connectivity index (χ4v) is 1.62. The van der Waals surface area contributed by atoms with Gasteiger partial charge in [0.05, 0.1) is 5.56 Å². The third kappa shape index (κ3) is 5.10. The van der Waals surface area contributed by atoms with Gasteiger partial charge < -0.3 is 20.7 Å². The summed E-state index contributed by atoms with van der Waals surface area (Å²) in [6, 6.07) is -0.578. The second-order valence-corrected chi connectivity index (χ2v) is 4.34. The molecule has 6 nitrogen and oxygen atoms in total. The molecule has 21 heavy (non-hydrogen) atoms. The third-order valence-electron chi connectivity index (χ3n) is 2.78. The minimum absolute atomic E-state index is 0.136. The van der Waals surface area contributed by atoms with Crippen molar-refractivity contribution in [2.24, 2.45) is 0 Å². The summed E-state index contributed by atoms with van der Waals surface area (Å²) in [7, 11) is 0. The lowest BCUT2D eigenvalue weighted by atomic mass is 10.2. The zero-order valence-corrected chi connectivity index (χ0v) is 11.3. The van der Waals surface area contributed by atoms with E-state index in [0.29, 0.717) is 25.1 Å². The first-order chi connectivity index (χ1) is 9.77. The van der Waals surface area contributed by atoms with E-state index in [1.165, 1.54) is 0 Å². The van der Waals surface area contributed by atoms with E-state index in [1.807, 2.05) is 4.98 Å². The van der Waals surface area contributed by atoms with Gasteiger partial charge in [0.2, 0.25) is 0 Å². The Balaban J connectivity index is 2.82. The molecular weight excluding hydrogens is 291 g/mol. The van der Waals surface area contributed by atoms with Gasteiger partial charge in [-0.15, -0.1) is 0 Å². The van der Waals surface area contributed by atoms with Crippen LogP contribution in [0.5, 0.6) is 0 Å². The molecule has 1 unspecified atom stereocenters. The number of rotatable bonds is 5. The lowest BCUT2D eigenvalue weighted by Crippen LogP contribution is -2.39. The van der Waals surface area contributed by atoms with Gasteiger partial charge in [0.15, 0.2) is 0 Å². The number of halogens is 3. The van der Waals surface area contributed by atoms with Crippen molar-refractivity contribution in [3.8, 4) is 0 Å². The van der Waals surface area contributed by atoms with Crippen LogP contribution in [0.25, 0.3) is 0 Å². The fraction of sp³-hybridized carbons (Fsp3) is 0.500. The molecule has 0 aliphatic rings. The van der Waals surface area contributed by atoms with Crippen molar-refractivity contribution in [3.63, 3.8) is 0 Å². The van der Waals surface area contributed by atoms with E-state index < -0.39 is 29.0 Å². The Morgan fingerprint density at radius 1 is 1.48 bits per heavy atom. The molecule has 0 bridgehead atoms. The van der Waals surface area contributed by atoms with Gasteiger partial charge in [-0.05, 0) is 18.9 Å². The van der Waals surface area contributed by atoms with E-state index in [-0.39, 0.29) is 12.6 Å². The van der Waals surface area contributed by atoms with Gasteiger partial charge in [-0.1, -0.05) is 6.92 Å². The Labute approximate surface area is 118 Å². The molecule has 0 radical (unpaired) electrons. The van der Waals surface area contributed by atoms with Crippen LogP contribution in [0, 0.1) is 0 Å². The summed E-state index contributed by atoms with van der Waals surface area (Å²) in [4.78, 5) is 25.0. The van der Waals surface area contributed by atoms with E-state index in [0.717, 1.165) is 0 Å². The predicted octanol–water partition coefficient (Wildman–Crippen LogP) is 1.68. The van der Waals surface area contributed by atoms with Crippen LogP contribution in [0.3, 0.4) is 0 Å². The molecule has 1 aromatic rings. The molecule has 0 spiro atoms. The van der Waals surface area contributed by atoms with Crippen LogP contribution in [-0.2, 0) is 6.18 Å². The van der Waals surface area contributed by atoms with Crippen molar-refractivity contribution in [1.82, 2.24) is 10.3 Å². The number of carbonyl (C=O) groups is 1. The van der Waals surface area contributed by atoms with Crippen molar-refractivity contribution in [2.75, 3.05) is 11.9 Å². The molecule has 0 aliphatic carbocycles. The number of aliphatic hydroxyl groups is 1. The number of hydrogen-bond donors (Lipinski definition) is 4. The smallest absolute Gasteiger partial charge is 0.396 e. The SMILES string of the molecule is CCC(CCO)NC(=O)Nc1cc(C(F)(F)F)c[nH]c1=O. The second kappa shape index (κ2) is 7.11. The zero-order chi connectivity index (χ0) is 16.0. The van der Waals surface area contributed by atoms with Crippen LogP contribution in [0.15, 0.2) is 17.1 Å². The molecule has 9 heteroatoms. The molecule has 1 atom stereocenters. The van der Waals surface area contributed by atoms with Crippen molar-refractivity contribution >= 4 is 11.7 Å². The van der Waals surface area contributed by atoms with Gasteiger partial charge in [0.25, 0.3) is 5.56 Å². The normalized spacial score (nSPS) is 12.8. The maximum absolute atomic E-state index is 12.5. The second-order valence-electron chi connectivity index (χ2n) is 4.34. The summed E-state index contributed by atoms with van der Waals surface area (Å²) in [5.41, 5.74) is -2.41. The number of hydrogen-bond acceptors (Lipinski definition) is 3. The standard InChI is InChI=1S/C12H16F3N3O3/c1-2-8(3-4-19)17-11(21)18-9-5-7(12(13,14)15)6-16-10(9)20/h5-6,8,19H,2-4H2,1H3,(H,16,20)(H2,17,18,21). The summed E-state index contributed by atoms with van der Waals surface area (Å²) < 4.78 is 37.6. The largest absolute Gasteiger partial charge is 0.417 e. The molecule has 1 rings (SSSR count). The third-order valence-corrected chi connectivity index (χ3v) is 2.78. The zero-order valence-electron chi connectivity index (χ0n) is 11.3. The summed E-state index contributed by atoms with van der Waals surface area (Å²) in [5.74, 6) is 0. The summed E-state index contributed by atoms with van der Waals surface area (Å²) in [6.45, 7) is 1.64. The van der Waals surface area contributed by atoms with Crippen LogP contribution in [0.4, 0.5) is 23.7 Å². The monoisotopic (exact) mass is 307 g/mol. The topological polar surface area (TPSA) is 94.2 Å². The predicted molar refractivity (Wildman–Crippen MR) is 70.0 cm³/mol. The lowest BCUT2D eigenvalue weighted by Gasteiger charge is -2.16. The minimum atomic E-state index is -4.63. The number of anilines is 1. The Morgan fingerprint density at radius 2 is 2.14 bits per heavy atom. The molecule has 1 heterocycles. The molecule has 4 N–H and O–H groups in total. The molecule has 0 aliphatic heterocycles. The Kier molecular flexibility index (Phi) is 5.77. The van der Waals surface area contributed by atoms with Crippen LogP contribution < -0.4 is 16.2 Å². The molecule has 0 saturated carbocycles. The average molecular weight is 307 g/mol. The van der Waals surface area contributed by atoms with Crippen molar-refractivity contribution in [3.05, 3.63) is 28.2 Å². The minimum Gasteiger partial charge on any atom is -0.396 e. The number of urea groups is 1. The van der Waals surface area contributed by atoms with Crippen LogP contribution >= 0.6 is 0 Å². The number of pyridine rings is 1. The molecule has 0 saturated heterocycles. The maximum Gasteiger partial charge on any atom is 0.417 e. The number of aromatic nitrogens is 1. The molecular formula is C12H16F3N3O3. The number of amides is 2. The van der Waals surface area contributed by atoms with Gasteiger partial charge in [0.1, 0.15) is 5.69 Å². The highest BCUT2D eigenvalue weighted by atomic mass is 19.4. The summed E-state index contributed by atoms with van der Waals surface area (Å²) in [6.07, 6.45) is -3.25. The van der Waals surface area contributed by atoms with Gasteiger partial charge in [-0.2, -0.15) is 13.2 Å². The van der Waals surface area contributed by atoms with Crippen molar-refractivity contribution < 1.29 is 23.1 Å². The number of aromatic amines is 1. The van der Waals surface area contributed by atoms with E-state index in [2.05, 4.69) is 10.6 Å². The summed E-state index contributed by atoms with van der Waals surface area (Å²) in [5, 5.41) is 13.3. The highest BCUT2D eigenvalue weighted by molar-refractivity contribution is 5.89. The Morgan fingerprint density at radius 3 is 2.67 bits per heavy atom. The fourth-order valence-electron chi connectivity index (χ4n) is 1.62. The number of alkyl halides is 3. The Hall–Kier alpha value is -2.03. The molecule has 2 amide bonds. The van der Waals surface area contributed by atoms with E-state index in [9.17, 15) is 22.8 Å². The molecule has 1 aromatic heterocycles. The molecule has 118 valence electrons. The maximum atomic E-state index is 12.5. The highest BCUT2D eigenvalue weighted by Gasteiger charge is 2.31. The van der Waals surface area contributed by atoms with Gasteiger partial charge in [-0.3, -0.25) is 4.79 Å². The first kappa shape index (κ1) is 17.0. The average Bonchev–Trinajstić information content (AvgIpc) is 2.39. The molecule has 0 aromatic carbocycles. The van der Waals surface area contributed by atoms with Crippen LogP contribution in [0.1, 0.15) is 25.3 Å². The summed E-state index contributed by atoms with van der Waals surface area (Å²) >= 11 is 0. The highest BCUT2D eigenvalue weighted by Crippen LogP contribution is 2.29. The van der Waals surface area contributed by atoms with Gasteiger partial charge >= 0.3 is 12.2 Å². The number of aliphatic hydroxyl groups excluding tert-OH is 1. The van der Waals surface area contributed by atoms with Gasteiger partial charge in [-0.25, -0.2) is 4.79 Å². The number of carbonyl (C=O) groups excluding carboxylic acids is 1. The van der Waals surface area contributed by atoms with Crippen molar-refractivity contribution in [2.45, 2.75) is 32.0 Å². The Bertz CT molecular complexity index is 543. The van der Waals surface area contributed by atoms with Crippen molar-refractivity contribution in [1.29, 1.82) is 0 Å². The quantitative estimate of drug-likeness (QED) is 0.666. The van der Waals surface area contributed by atoms with E-state index in [1.54, 1.807) is 6.92 Å². The molecule has 0 fully saturated rings. The lowest BCUT2D eigenvalue weighted by molar-refractivity contribution is -0.137. The first-order valence-electron chi connectivity index (χ1n) is 6.26. The first-order valence-corrected chi connectivity index (χ1v) is 6.26. The van der Waals surface area contributed by atoms with Crippen LogP contribution in [0.2, 0.25) is 0 Å². The number of H-pyrrole nitrogens is 1. The van der Waals surface area contributed by atoms with E-state index >= 15 is 0 Å². The van der Waals surface area contributed by atoms with Crippen LogP contribution in [-0.4, -0.2) is 28.8 Å². The van der Waals surface area contributed by atoms with E-state index in [4.69, 9.17) is 5.11 Å². The number of nitrogens with one attached hydrogen (secondary N) is 3.